The van der Waals surface area contributed by atoms with E-state index in [2.05, 4.69) is 36.5 Å². The summed E-state index contributed by atoms with van der Waals surface area (Å²) >= 11 is 0. The standard InChI is InChI=1S/C15H23NO/c1-3-17-15-8-6-14(7-9-15)12(2)16-11-10-13-4-5-13/h6-9,12-13,16H,3-5,10-11H2,1-2H3. The number of benzene rings is 1. The summed E-state index contributed by atoms with van der Waals surface area (Å²) in [6, 6.07) is 8.85. The van der Waals surface area contributed by atoms with Gasteiger partial charge in [0, 0.05) is 6.04 Å². The van der Waals surface area contributed by atoms with Gasteiger partial charge in [0.1, 0.15) is 5.75 Å². The predicted octanol–water partition coefficient (Wildman–Crippen LogP) is 3.54. The van der Waals surface area contributed by atoms with E-state index < -0.39 is 0 Å². The van der Waals surface area contributed by atoms with E-state index in [1.807, 2.05) is 6.92 Å². The minimum Gasteiger partial charge on any atom is -0.494 e. The second-order valence-corrected chi connectivity index (χ2v) is 4.91. The second-order valence-electron chi connectivity index (χ2n) is 4.91. The molecule has 0 amide bonds. The summed E-state index contributed by atoms with van der Waals surface area (Å²) in [4.78, 5) is 0. The molecule has 17 heavy (non-hydrogen) atoms. The smallest absolute Gasteiger partial charge is 0.119 e. The zero-order valence-electron chi connectivity index (χ0n) is 10.9. The molecule has 1 fully saturated rings. The normalized spacial score (nSPS) is 16.8. The van der Waals surface area contributed by atoms with E-state index in [1.54, 1.807) is 0 Å². The summed E-state index contributed by atoms with van der Waals surface area (Å²) in [5.74, 6) is 1.97. The van der Waals surface area contributed by atoms with E-state index in [4.69, 9.17) is 4.74 Å². The van der Waals surface area contributed by atoms with Crippen molar-refractivity contribution in [3.8, 4) is 5.75 Å². The molecule has 1 aliphatic rings. The number of hydrogen-bond donors (Lipinski definition) is 1. The van der Waals surface area contributed by atoms with Gasteiger partial charge in [-0.15, -0.1) is 0 Å². The van der Waals surface area contributed by atoms with Crippen molar-refractivity contribution in [1.29, 1.82) is 0 Å². The van der Waals surface area contributed by atoms with Gasteiger partial charge in [0.15, 0.2) is 0 Å². The van der Waals surface area contributed by atoms with Crippen LogP contribution in [0.1, 0.15) is 44.7 Å². The van der Waals surface area contributed by atoms with E-state index in [1.165, 1.54) is 24.8 Å². The molecule has 1 saturated carbocycles. The van der Waals surface area contributed by atoms with Gasteiger partial charge in [0.2, 0.25) is 0 Å². The minimum absolute atomic E-state index is 0.435. The van der Waals surface area contributed by atoms with Crippen molar-refractivity contribution < 1.29 is 4.74 Å². The SMILES string of the molecule is CCOc1ccc(C(C)NCCC2CC2)cc1. The lowest BCUT2D eigenvalue weighted by molar-refractivity contribution is 0.340. The average Bonchev–Trinajstić information content (AvgIpc) is 3.14. The van der Waals surface area contributed by atoms with E-state index in [0.29, 0.717) is 6.04 Å². The predicted molar refractivity (Wildman–Crippen MR) is 71.4 cm³/mol. The second kappa shape index (κ2) is 6.06. The van der Waals surface area contributed by atoms with Gasteiger partial charge in [-0.1, -0.05) is 25.0 Å². The first-order chi connectivity index (χ1) is 8.29. The van der Waals surface area contributed by atoms with Gasteiger partial charge >= 0.3 is 0 Å². The van der Waals surface area contributed by atoms with Gasteiger partial charge in [0.25, 0.3) is 0 Å². The fourth-order valence-corrected chi connectivity index (χ4v) is 2.05. The summed E-state index contributed by atoms with van der Waals surface area (Å²) in [6.45, 7) is 6.10. The van der Waals surface area contributed by atoms with Crippen LogP contribution in [-0.2, 0) is 0 Å². The lowest BCUT2D eigenvalue weighted by Gasteiger charge is -2.14. The summed E-state index contributed by atoms with van der Waals surface area (Å²) in [5.41, 5.74) is 1.34. The van der Waals surface area contributed by atoms with Crippen LogP contribution in [-0.4, -0.2) is 13.2 Å². The number of ether oxygens (including phenoxy) is 1. The van der Waals surface area contributed by atoms with Crippen LogP contribution in [0.25, 0.3) is 0 Å². The van der Waals surface area contributed by atoms with E-state index in [0.717, 1.165) is 24.8 Å². The molecule has 2 heteroatoms. The fourth-order valence-electron chi connectivity index (χ4n) is 2.05. The van der Waals surface area contributed by atoms with Crippen LogP contribution in [0, 0.1) is 5.92 Å². The van der Waals surface area contributed by atoms with Gasteiger partial charge in [0.05, 0.1) is 6.61 Å². The Morgan fingerprint density at radius 2 is 2.00 bits per heavy atom. The maximum Gasteiger partial charge on any atom is 0.119 e. The maximum atomic E-state index is 5.44. The first kappa shape index (κ1) is 12.4. The summed E-state index contributed by atoms with van der Waals surface area (Å²) in [6.07, 6.45) is 4.22. The number of hydrogen-bond acceptors (Lipinski definition) is 2. The molecule has 0 aromatic heterocycles. The maximum absolute atomic E-state index is 5.44. The van der Waals surface area contributed by atoms with E-state index in [9.17, 15) is 0 Å². The third-order valence-electron chi connectivity index (χ3n) is 3.39. The van der Waals surface area contributed by atoms with Crippen molar-refractivity contribution in [2.75, 3.05) is 13.2 Å². The van der Waals surface area contributed by atoms with E-state index in [-0.39, 0.29) is 0 Å². The van der Waals surface area contributed by atoms with E-state index >= 15 is 0 Å². The molecular weight excluding hydrogens is 210 g/mol. The molecule has 1 aromatic carbocycles. The topological polar surface area (TPSA) is 21.3 Å². The average molecular weight is 233 g/mol. The third-order valence-corrected chi connectivity index (χ3v) is 3.39. The molecule has 0 heterocycles. The molecule has 1 N–H and O–H groups in total. The molecule has 2 nitrogen and oxygen atoms in total. The van der Waals surface area contributed by atoms with Crippen LogP contribution in [0.5, 0.6) is 5.75 Å². The van der Waals surface area contributed by atoms with Crippen molar-refractivity contribution >= 4 is 0 Å². The van der Waals surface area contributed by atoms with Crippen LogP contribution in [0.4, 0.5) is 0 Å². The molecular formula is C15H23NO. The van der Waals surface area contributed by atoms with Crippen LogP contribution >= 0.6 is 0 Å². The Bertz CT molecular complexity index is 329. The fraction of sp³-hybridized carbons (Fsp3) is 0.600. The summed E-state index contributed by atoms with van der Waals surface area (Å²) < 4.78 is 5.44. The Morgan fingerprint density at radius 3 is 2.59 bits per heavy atom. The van der Waals surface area contributed by atoms with Crippen LogP contribution in [0.3, 0.4) is 0 Å². The lowest BCUT2D eigenvalue weighted by atomic mass is 10.1. The van der Waals surface area contributed by atoms with Gasteiger partial charge in [-0.05, 0) is 50.4 Å². The Kier molecular flexibility index (Phi) is 4.43. The molecule has 1 aliphatic carbocycles. The quantitative estimate of drug-likeness (QED) is 0.778. The molecule has 1 unspecified atom stereocenters. The molecule has 0 aliphatic heterocycles. The van der Waals surface area contributed by atoms with Crippen molar-refractivity contribution in [2.45, 2.75) is 39.2 Å². The Morgan fingerprint density at radius 1 is 1.29 bits per heavy atom. The molecule has 0 radical (unpaired) electrons. The molecule has 0 bridgehead atoms. The largest absolute Gasteiger partial charge is 0.494 e. The third kappa shape index (κ3) is 4.04. The highest BCUT2D eigenvalue weighted by Gasteiger charge is 2.20. The molecule has 1 atom stereocenters. The molecule has 0 saturated heterocycles. The first-order valence-electron chi connectivity index (χ1n) is 6.75. The van der Waals surface area contributed by atoms with Gasteiger partial charge < -0.3 is 10.1 Å². The number of nitrogens with one attached hydrogen (secondary N) is 1. The minimum atomic E-state index is 0.435. The molecule has 0 spiro atoms. The zero-order chi connectivity index (χ0) is 12.1. The highest BCUT2D eigenvalue weighted by Crippen LogP contribution is 2.32. The lowest BCUT2D eigenvalue weighted by Crippen LogP contribution is -2.20. The highest BCUT2D eigenvalue weighted by atomic mass is 16.5. The zero-order valence-corrected chi connectivity index (χ0v) is 10.9. The first-order valence-corrected chi connectivity index (χ1v) is 6.75. The highest BCUT2D eigenvalue weighted by molar-refractivity contribution is 5.28. The molecule has 2 rings (SSSR count). The van der Waals surface area contributed by atoms with Crippen molar-refractivity contribution in [3.05, 3.63) is 29.8 Å². The Hall–Kier alpha value is -1.02. The van der Waals surface area contributed by atoms with Gasteiger partial charge in [-0.25, -0.2) is 0 Å². The Balaban J connectivity index is 1.78. The molecule has 1 aromatic rings. The Labute approximate surface area is 104 Å². The van der Waals surface area contributed by atoms with Crippen molar-refractivity contribution in [1.82, 2.24) is 5.32 Å². The number of rotatable bonds is 7. The monoisotopic (exact) mass is 233 g/mol. The van der Waals surface area contributed by atoms with Gasteiger partial charge in [-0.3, -0.25) is 0 Å². The van der Waals surface area contributed by atoms with Crippen LogP contribution in [0.15, 0.2) is 24.3 Å². The summed E-state index contributed by atoms with van der Waals surface area (Å²) in [5, 5.41) is 3.58. The summed E-state index contributed by atoms with van der Waals surface area (Å²) in [7, 11) is 0. The van der Waals surface area contributed by atoms with Gasteiger partial charge in [-0.2, -0.15) is 0 Å². The van der Waals surface area contributed by atoms with Crippen molar-refractivity contribution in [3.63, 3.8) is 0 Å². The molecule has 94 valence electrons. The van der Waals surface area contributed by atoms with Crippen molar-refractivity contribution in [2.24, 2.45) is 5.92 Å². The van der Waals surface area contributed by atoms with Crippen LogP contribution in [0.2, 0.25) is 0 Å². The van der Waals surface area contributed by atoms with Crippen LogP contribution < -0.4 is 10.1 Å².